The molecule has 0 radical (unpaired) electrons. The van der Waals surface area contributed by atoms with Crippen LogP contribution in [-0.4, -0.2) is 0 Å². The van der Waals surface area contributed by atoms with Gasteiger partial charge in [-0.2, -0.15) is 0 Å². The Hall–Kier alpha value is -1.53. The fourth-order valence-electron chi connectivity index (χ4n) is 2.21. The summed E-state index contributed by atoms with van der Waals surface area (Å²) in [5.74, 6) is 1.49. The Labute approximate surface area is 164 Å². The number of halogens is 2. The average molecular weight is 495 g/mol. The molecular weight excluding hydrogens is 479 g/mol. The summed E-state index contributed by atoms with van der Waals surface area (Å²) in [6.45, 7) is 1.02. The molecule has 3 aromatic carbocycles. The molecule has 0 fully saturated rings. The van der Waals surface area contributed by atoms with Gasteiger partial charge in [-0.1, -0.05) is 60.7 Å². The summed E-state index contributed by atoms with van der Waals surface area (Å²) in [6.07, 6.45) is 0. The van der Waals surface area contributed by atoms with Crippen LogP contribution in [0.2, 0.25) is 0 Å². The monoisotopic (exact) mass is 494 g/mol. The number of hydrogen-bond donors (Lipinski definition) is 0. The molecule has 0 aliphatic heterocycles. The Morgan fingerprint density at radius 2 is 1.17 bits per heavy atom. The first-order chi connectivity index (χ1) is 11.7. The van der Waals surface area contributed by atoms with Crippen molar-refractivity contribution in [2.75, 3.05) is 0 Å². The Balaban J connectivity index is 1.75. The molecule has 0 bridgehead atoms. The second kappa shape index (κ2) is 8.53. The van der Waals surface area contributed by atoms with Gasteiger partial charge in [0, 0.05) is 8.04 Å². The SMILES string of the molecule is Brc1cc(OCc2ccccc2)c(OCc2ccccc2)cc1I. The predicted octanol–water partition coefficient (Wildman–Crippen LogP) is 6.21. The van der Waals surface area contributed by atoms with Crippen molar-refractivity contribution in [1.82, 2.24) is 0 Å². The highest BCUT2D eigenvalue weighted by Gasteiger charge is 2.10. The first-order valence-corrected chi connectivity index (χ1v) is 9.42. The number of rotatable bonds is 6. The van der Waals surface area contributed by atoms with E-state index in [9.17, 15) is 0 Å². The second-order valence-corrected chi connectivity index (χ2v) is 7.28. The molecule has 2 nitrogen and oxygen atoms in total. The standard InChI is InChI=1S/C20H16BrIO2/c21-17-11-19(23-13-15-7-3-1-4-8-15)20(12-18(17)22)24-14-16-9-5-2-6-10-16/h1-12H,13-14H2. The van der Waals surface area contributed by atoms with Crippen molar-refractivity contribution < 1.29 is 9.47 Å². The van der Waals surface area contributed by atoms with Gasteiger partial charge in [-0.05, 0) is 61.8 Å². The molecule has 0 heterocycles. The fraction of sp³-hybridized carbons (Fsp3) is 0.100. The van der Waals surface area contributed by atoms with Crippen LogP contribution in [0, 0.1) is 3.57 Å². The zero-order chi connectivity index (χ0) is 16.8. The van der Waals surface area contributed by atoms with Crippen LogP contribution in [0.1, 0.15) is 11.1 Å². The summed E-state index contributed by atoms with van der Waals surface area (Å²) in [5, 5.41) is 0. The lowest BCUT2D eigenvalue weighted by molar-refractivity contribution is 0.255. The van der Waals surface area contributed by atoms with Crippen LogP contribution in [0.15, 0.2) is 77.3 Å². The molecule has 3 rings (SSSR count). The van der Waals surface area contributed by atoms with Crippen molar-refractivity contribution in [3.05, 3.63) is 92.0 Å². The lowest BCUT2D eigenvalue weighted by Gasteiger charge is -2.14. The molecule has 0 N–H and O–H groups in total. The molecule has 24 heavy (non-hydrogen) atoms. The smallest absolute Gasteiger partial charge is 0.162 e. The molecule has 0 aliphatic rings. The summed E-state index contributed by atoms with van der Waals surface area (Å²) in [4.78, 5) is 0. The number of ether oxygens (including phenoxy) is 2. The molecule has 0 aliphatic carbocycles. The summed E-state index contributed by atoms with van der Waals surface area (Å²) >= 11 is 5.84. The molecule has 4 heteroatoms. The summed E-state index contributed by atoms with van der Waals surface area (Å²) < 4.78 is 14.1. The highest BCUT2D eigenvalue weighted by Crippen LogP contribution is 2.35. The van der Waals surface area contributed by atoms with E-state index in [-0.39, 0.29) is 0 Å². The minimum Gasteiger partial charge on any atom is -0.485 e. The third-order valence-corrected chi connectivity index (χ3v) is 5.75. The van der Waals surface area contributed by atoms with Crippen molar-refractivity contribution in [1.29, 1.82) is 0 Å². The van der Waals surface area contributed by atoms with Crippen molar-refractivity contribution in [3.8, 4) is 11.5 Å². The van der Waals surface area contributed by atoms with Crippen LogP contribution < -0.4 is 9.47 Å². The molecule has 0 amide bonds. The number of benzene rings is 3. The first kappa shape index (κ1) is 17.3. The van der Waals surface area contributed by atoms with Crippen molar-refractivity contribution in [2.45, 2.75) is 13.2 Å². The summed E-state index contributed by atoms with van der Waals surface area (Å²) in [6, 6.07) is 24.2. The minimum atomic E-state index is 0.509. The van der Waals surface area contributed by atoms with Crippen molar-refractivity contribution >= 4 is 38.5 Å². The molecule has 3 aromatic rings. The molecule has 0 spiro atoms. The zero-order valence-corrected chi connectivity index (χ0v) is 16.7. The maximum atomic E-state index is 6.00. The van der Waals surface area contributed by atoms with Crippen LogP contribution in [0.25, 0.3) is 0 Å². The fourth-order valence-corrected chi connectivity index (χ4v) is 2.97. The normalized spacial score (nSPS) is 10.4. The lowest BCUT2D eigenvalue weighted by Crippen LogP contribution is -2.01. The van der Waals surface area contributed by atoms with E-state index in [2.05, 4.69) is 38.5 Å². The molecule has 0 atom stereocenters. The topological polar surface area (TPSA) is 18.5 Å². The highest BCUT2D eigenvalue weighted by atomic mass is 127. The van der Waals surface area contributed by atoms with E-state index < -0.39 is 0 Å². The Morgan fingerprint density at radius 1 is 0.708 bits per heavy atom. The van der Waals surface area contributed by atoms with E-state index in [0.29, 0.717) is 13.2 Å². The van der Waals surface area contributed by atoms with Crippen molar-refractivity contribution in [3.63, 3.8) is 0 Å². The van der Waals surface area contributed by atoms with Gasteiger partial charge in [-0.15, -0.1) is 0 Å². The minimum absolute atomic E-state index is 0.509. The molecule has 0 unspecified atom stereocenters. The van der Waals surface area contributed by atoms with Crippen molar-refractivity contribution in [2.24, 2.45) is 0 Å². The third-order valence-electron chi connectivity index (χ3n) is 3.46. The van der Waals surface area contributed by atoms with Gasteiger partial charge in [0.1, 0.15) is 13.2 Å². The summed E-state index contributed by atoms with van der Waals surface area (Å²) in [7, 11) is 0. The molecule has 0 aromatic heterocycles. The van der Waals surface area contributed by atoms with E-state index >= 15 is 0 Å². The molecular formula is C20H16BrIO2. The summed E-state index contributed by atoms with van der Waals surface area (Å²) in [5.41, 5.74) is 2.26. The zero-order valence-electron chi connectivity index (χ0n) is 12.9. The maximum absolute atomic E-state index is 6.00. The lowest BCUT2D eigenvalue weighted by atomic mass is 10.2. The number of hydrogen-bond acceptors (Lipinski definition) is 2. The maximum Gasteiger partial charge on any atom is 0.162 e. The van der Waals surface area contributed by atoms with E-state index in [1.807, 2.05) is 72.8 Å². The third kappa shape index (κ3) is 4.74. The van der Waals surface area contributed by atoms with Crippen LogP contribution in [0.5, 0.6) is 11.5 Å². The van der Waals surface area contributed by atoms with E-state index in [4.69, 9.17) is 9.47 Å². The van der Waals surface area contributed by atoms with Gasteiger partial charge in [-0.25, -0.2) is 0 Å². The van der Waals surface area contributed by atoms with Crippen LogP contribution in [0.3, 0.4) is 0 Å². The van der Waals surface area contributed by atoms with Gasteiger partial charge in [0.05, 0.1) is 0 Å². The average Bonchev–Trinajstić information content (AvgIpc) is 2.63. The van der Waals surface area contributed by atoms with Gasteiger partial charge in [0.2, 0.25) is 0 Å². The predicted molar refractivity (Wildman–Crippen MR) is 108 cm³/mol. The quantitative estimate of drug-likeness (QED) is 0.379. The highest BCUT2D eigenvalue weighted by molar-refractivity contribution is 14.1. The van der Waals surface area contributed by atoms with Crippen LogP contribution in [0.4, 0.5) is 0 Å². The van der Waals surface area contributed by atoms with Gasteiger partial charge in [0.15, 0.2) is 11.5 Å². The van der Waals surface area contributed by atoms with Gasteiger partial charge in [0.25, 0.3) is 0 Å². The van der Waals surface area contributed by atoms with Gasteiger partial charge < -0.3 is 9.47 Å². The van der Waals surface area contributed by atoms with Crippen LogP contribution >= 0.6 is 38.5 Å². The molecule has 0 saturated heterocycles. The Bertz CT molecular complexity index is 723. The second-order valence-electron chi connectivity index (χ2n) is 5.26. The van der Waals surface area contributed by atoms with E-state index in [1.165, 1.54) is 0 Å². The van der Waals surface area contributed by atoms with Crippen LogP contribution in [-0.2, 0) is 13.2 Å². The van der Waals surface area contributed by atoms with E-state index in [1.54, 1.807) is 0 Å². The molecule has 122 valence electrons. The first-order valence-electron chi connectivity index (χ1n) is 7.55. The van der Waals surface area contributed by atoms with Gasteiger partial charge in [-0.3, -0.25) is 0 Å². The Morgan fingerprint density at radius 3 is 1.67 bits per heavy atom. The largest absolute Gasteiger partial charge is 0.485 e. The van der Waals surface area contributed by atoms with E-state index in [0.717, 1.165) is 30.7 Å². The Kier molecular flexibility index (Phi) is 6.15. The molecule has 0 saturated carbocycles. The van der Waals surface area contributed by atoms with Gasteiger partial charge >= 0.3 is 0 Å².